The molecule has 0 radical (unpaired) electrons. The van der Waals surface area contributed by atoms with Gasteiger partial charge in [-0.1, -0.05) is 11.2 Å². The van der Waals surface area contributed by atoms with E-state index >= 15 is 0 Å². The van der Waals surface area contributed by atoms with Gasteiger partial charge in [-0.3, -0.25) is 4.90 Å². The van der Waals surface area contributed by atoms with E-state index in [1.165, 1.54) is 12.8 Å². The molecule has 2 heterocycles. The summed E-state index contributed by atoms with van der Waals surface area (Å²) in [5, 5.41) is 14.2. The molecule has 1 aliphatic heterocycles. The van der Waals surface area contributed by atoms with Gasteiger partial charge in [-0.2, -0.15) is 4.98 Å². The highest BCUT2D eigenvalue weighted by Gasteiger charge is 2.17. The number of benzene rings is 1. The van der Waals surface area contributed by atoms with Crippen LogP contribution in [-0.4, -0.2) is 71.5 Å². The van der Waals surface area contributed by atoms with E-state index in [9.17, 15) is 5.11 Å². The average Bonchev–Trinajstić information content (AvgIpc) is 3.32. The van der Waals surface area contributed by atoms with Gasteiger partial charge in [-0.25, -0.2) is 0 Å². The van der Waals surface area contributed by atoms with Crippen molar-refractivity contribution in [1.82, 2.24) is 19.9 Å². The van der Waals surface area contributed by atoms with Crippen LogP contribution in [0.3, 0.4) is 0 Å². The molecule has 0 unspecified atom stereocenters. The number of likely N-dealkylation sites (tertiary alicyclic amines) is 1. The Hall–Kier alpha value is -2.16. The summed E-state index contributed by atoms with van der Waals surface area (Å²) in [5.74, 6) is 2.65. The fourth-order valence-electron chi connectivity index (χ4n) is 3.41. The number of aryl methyl sites for hydroxylation is 1. The third-order valence-corrected chi connectivity index (χ3v) is 4.79. The van der Waals surface area contributed by atoms with Crippen molar-refractivity contribution in [3.63, 3.8) is 0 Å². The molecule has 0 amide bonds. The lowest BCUT2D eigenvalue weighted by molar-refractivity contribution is 0.0750. The van der Waals surface area contributed by atoms with Crippen LogP contribution in [-0.2, 0) is 13.1 Å². The van der Waals surface area contributed by atoms with Gasteiger partial charge in [-0.05, 0) is 46.0 Å². The van der Waals surface area contributed by atoms with Gasteiger partial charge in [0.2, 0.25) is 5.89 Å². The molecule has 0 aliphatic carbocycles. The van der Waals surface area contributed by atoms with E-state index in [0.29, 0.717) is 37.1 Å². The lowest BCUT2D eigenvalue weighted by Crippen LogP contribution is -2.33. The smallest absolute Gasteiger partial charge is 0.240 e. The van der Waals surface area contributed by atoms with Crippen LogP contribution in [0.2, 0.25) is 0 Å². The molecule has 8 nitrogen and oxygen atoms in total. The molecule has 28 heavy (non-hydrogen) atoms. The molecule has 8 heteroatoms. The topological polar surface area (TPSA) is 84.1 Å². The predicted molar refractivity (Wildman–Crippen MR) is 104 cm³/mol. The normalized spacial score (nSPS) is 15.9. The van der Waals surface area contributed by atoms with Crippen LogP contribution >= 0.6 is 0 Å². The Bertz CT molecular complexity index is 746. The molecule has 1 fully saturated rings. The van der Waals surface area contributed by atoms with Crippen molar-refractivity contribution >= 4 is 0 Å². The van der Waals surface area contributed by atoms with Crippen LogP contribution in [0.5, 0.6) is 11.5 Å². The molecular formula is C20H30N4O4. The van der Waals surface area contributed by atoms with Crippen molar-refractivity contribution < 1.29 is 19.1 Å². The van der Waals surface area contributed by atoms with Crippen LogP contribution in [0.4, 0.5) is 0 Å². The van der Waals surface area contributed by atoms with Gasteiger partial charge in [0.1, 0.15) is 24.2 Å². The van der Waals surface area contributed by atoms with E-state index in [1.807, 2.05) is 25.2 Å². The minimum atomic E-state index is -0.517. The Morgan fingerprint density at radius 3 is 2.75 bits per heavy atom. The van der Waals surface area contributed by atoms with E-state index < -0.39 is 6.10 Å². The van der Waals surface area contributed by atoms with Gasteiger partial charge in [0.25, 0.3) is 0 Å². The summed E-state index contributed by atoms with van der Waals surface area (Å²) < 4.78 is 16.5. The number of nitrogens with zero attached hydrogens (tertiary/aromatic N) is 4. The molecule has 3 rings (SSSR count). The summed E-state index contributed by atoms with van der Waals surface area (Å²) >= 11 is 0. The summed E-state index contributed by atoms with van der Waals surface area (Å²) in [4.78, 5) is 8.59. The number of β-amino-alcohol motifs (C(OH)–C–C–N with tert-alkyl or cyclic N) is 1. The lowest BCUT2D eigenvalue weighted by Gasteiger charge is -2.22. The van der Waals surface area contributed by atoms with Crippen molar-refractivity contribution in [1.29, 1.82) is 0 Å². The van der Waals surface area contributed by atoms with E-state index in [2.05, 4.69) is 19.9 Å². The van der Waals surface area contributed by atoms with Crippen molar-refractivity contribution in [2.45, 2.75) is 39.0 Å². The average molecular weight is 390 g/mol. The SMILES string of the molecule is COc1ccc(CN(C)Cc2nc(C)no2)c(OC[C@@H](O)CN2CCCC2)c1. The number of aromatic nitrogens is 2. The minimum Gasteiger partial charge on any atom is -0.497 e. The predicted octanol–water partition coefficient (Wildman–Crippen LogP) is 1.85. The first-order chi connectivity index (χ1) is 13.5. The zero-order valence-electron chi connectivity index (χ0n) is 16.9. The van der Waals surface area contributed by atoms with Gasteiger partial charge in [-0.15, -0.1) is 0 Å². The summed E-state index contributed by atoms with van der Waals surface area (Å²) in [6.45, 7) is 6.00. The van der Waals surface area contributed by atoms with Gasteiger partial charge < -0.3 is 24.0 Å². The Morgan fingerprint density at radius 2 is 2.07 bits per heavy atom. The maximum atomic E-state index is 10.3. The Labute approximate surface area is 166 Å². The molecule has 1 N–H and O–H groups in total. The first-order valence-electron chi connectivity index (χ1n) is 9.71. The molecule has 0 spiro atoms. The number of methoxy groups -OCH3 is 1. The zero-order chi connectivity index (χ0) is 19.9. The monoisotopic (exact) mass is 390 g/mol. The van der Waals surface area contributed by atoms with Gasteiger partial charge in [0, 0.05) is 24.7 Å². The molecule has 1 aromatic carbocycles. The second kappa shape index (κ2) is 9.86. The minimum absolute atomic E-state index is 0.253. The maximum Gasteiger partial charge on any atom is 0.240 e. The molecule has 2 aromatic rings. The summed E-state index contributed by atoms with van der Waals surface area (Å²) in [5.41, 5.74) is 1.01. The van der Waals surface area contributed by atoms with Crippen molar-refractivity contribution in [2.75, 3.05) is 40.4 Å². The number of hydrogen-bond donors (Lipinski definition) is 1. The van der Waals surface area contributed by atoms with Crippen molar-refractivity contribution in [3.8, 4) is 11.5 Å². The molecule has 0 bridgehead atoms. The van der Waals surface area contributed by atoms with Crippen LogP contribution in [0.25, 0.3) is 0 Å². The lowest BCUT2D eigenvalue weighted by atomic mass is 10.1. The first kappa shape index (κ1) is 20.6. The fourth-order valence-corrected chi connectivity index (χ4v) is 3.41. The van der Waals surface area contributed by atoms with Gasteiger partial charge in [0.05, 0.1) is 13.7 Å². The number of hydrogen-bond acceptors (Lipinski definition) is 8. The largest absolute Gasteiger partial charge is 0.497 e. The van der Waals surface area contributed by atoms with Gasteiger partial charge >= 0.3 is 0 Å². The summed E-state index contributed by atoms with van der Waals surface area (Å²) in [6.07, 6.45) is 1.90. The van der Waals surface area contributed by atoms with E-state index in [0.717, 1.165) is 24.4 Å². The number of ether oxygens (including phenoxy) is 2. The van der Waals surface area contributed by atoms with Crippen LogP contribution < -0.4 is 9.47 Å². The second-order valence-corrected chi connectivity index (χ2v) is 7.35. The third kappa shape index (κ3) is 5.92. The molecule has 1 aliphatic rings. The Kier molecular flexibility index (Phi) is 7.24. The molecule has 154 valence electrons. The Morgan fingerprint density at radius 1 is 1.29 bits per heavy atom. The summed E-state index contributed by atoms with van der Waals surface area (Å²) in [7, 11) is 3.61. The molecule has 0 saturated carbocycles. The zero-order valence-corrected chi connectivity index (χ0v) is 16.9. The molecule has 1 aromatic heterocycles. The van der Waals surface area contributed by atoms with Crippen molar-refractivity contribution in [3.05, 3.63) is 35.5 Å². The van der Waals surface area contributed by atoms with Crippen LogP contribution in [0, 0.1) is 6.92 Å². The Balaban J connectivity index is 1.60. The highest BCUT2D eigenvalue weighted by Crippen LogP contribution is 2.26. The highest BCUT2D eigenvalue weighted by atomic mass is 16.5. The second-order valence-electron chi connectivity index (χ2n) is 7.35. The number of rotatable bonds is 10. The molecular weight excluding hydrogens is 360 g/mol. The summed E-state index contributed by atoms with van der Waals surface area (Å²) in [6, 6.07) is 5.76. The number of aliphatic hydroxyl groups excluding tert-OH is 1. The maximum absolute atomic E-state index is 10.3. The fraction of sp³-hybridized carbons (Fsp3) is 0.600. The molecule has 1 atom stereocenters. The number of aliphatic hydroxyl groups is 1. The van der Waals surface area contributed by atoms with Crippen LogP contribution in [0.1, 0.15) is 30.1 Å². The van der Waals surface area contributed by atoms with E-state index in [-0.39, 0.29) is 6.61 Å². The third-order valence-electron chi connectivity index (χ3n) is 4.79. The van der Waals surface area contributed by atoms with E-state index in [1.54, 1.807) is 14.0 Å². The standard InChI is InChI=1S/C20H30N4O4/c1-15-21-20(28-22-15)13-23(2)11-16-6-7-18(26-3)10-19(16)27-14-17(25)12-24-8-4-5-9-24/h6-7,10,17,25H,4-5,8-9,11-14H2,1-3H3/t17-/m0/s1. The highest BCUT2D eigenvalue weighted by molar-refractivity contribution is 5.40. The van der Waals surface area contributed by atoms with Crippen LogP contribution in [0.15, 0.2) is 22.7 Å². The quantitative estimate of drug-likeness (QED) is 0.658. The first-order valence-corrected chi connectivity index (χ1v) is 9.71. The molecule has 1 saturated heterocycles. The van der Waals surface area contributed by atoms with Crippen molar-refractivity contribution in [2.24, 2.45) is 0 Å². The van der Waals surface area contributed by atoms with E-state index in [4.69, 9.17) is 14.0 Å². The van der Waals surface area contributed by atoms with Gasteiger partial charge in [0.15, 0.2) is 5.82 Å².